The Hall–Kier alpha value is -2.38. The van der Waals surface area contributed by atoms with Gasteiger partial charge in [-0.05, 0) is 35.6 Å². The molecule has 0 radical (unpaired) electrons. The van der Waals surface area contributed by atoms with Crippen LogP contribution < -0.4 is 15.7 Å². The lowest BCUT2D eigenvalue weighted by Gasteiger charge is -2.40. The maximum atomic E-state index is 12.6. The average molecular weight is 345 g/mol. The molecule has 6 nitrogen and oxygen atoms in total. The third-order valence-electron chi connectivity index (χ3n) is 4.07. The maximum absolute atomic E-state index is 12.6. The predicted molar refractivity (Wildman–Crippen MR) is 93.5 cm³/mol. The van der Waals surface area contributed by atoms with Crippen LogP contribution in [0.5, 0.6) is 0 Å². The van der Waals surface area contributed by atoms with E-state index in [0.29, 0.717) is 12.2 Å². The number of hydroxylamine groups is 1. The van der Waals surface area contributed by atoms with Crippen molar-refractivity contribution in [3.05, 3.63) is 46.2 Å². The largest absolute Gasteiger partial charge is 0.352 e. The topological polar surface area (TPSA) is 81.7 Å². The van der Waals surface area contributed by atoms with E-state index in [0.717, 1.165) is 5.69 Å². The smallest absolute Gasteiger partial charge is 0.274 e. The number of nitrogens with zero attached hydrogens (tertiary/aromatic N) is 1. The SMILES string of the molecule is CC(C)C1C(=O)Nc2cc(C(=O)NO)ccc2N1Cc1cccs1. The number of amides is 2. The van der Waals surface area contributed by atoms with Crippen LogP contribution in [0.2, 0.25) is 0 Å². The molecule has 1 aromatic heterocycles. The van der Waals surface area contributed by atoms with Crippen molar-refractivity contribution in [2.75, 3.05) is 10.2 Å². The van der Waals surface area contributed by atoms with Crippen LogP contribution in [0.4, 0.5) is 11.4 Å². The molecule has 2 heterocycles. The lowest BCUT2D eigenvalue weighted by atomic mass is 9.96. The molecule has 3 N–H and O–H groups in total. The third-order valence-corrected chi connectivity index (χ3v) is 4.93. The highest BCUT2D eigenvalue weighted by Crippen LogP contribution is 2.36. The minimum absolute atomic E-state index is 0.0874. The van der Waals surface area contributed by atoms with Crippen molar-refractivity contribution in [3.8, 4) is 0 Å². The second-order valence-corrected chi connectivity index (χ2v) is 7.09. The summed E-state index contributed by atoms with van der Waals surface area (Å²) in [6.07, 6.45) is 0. The number of anilines is 2. The Bertz CT molecular complexity index is 758. The first-order valence-corrected chi connectivity index (χ1v) is 8.57. The standard InChI is InChI=1S/C17H19N3O3S/c1-10(2)15-17(22)18-13-8-11(16(21)19-23)5-6-14(13)20(15)9-12-4-3-7-24-12/h3-8,10,15,23H,9H2,1-2H3,(H,18,22)(H,19,21). The summed E-state index contributed by atoms with van der Waals surface area (Å²) in [5.74, 6) is -0.558. The summed E-state index contributed by atoms with van der Waals surface area (Å²) in [5.41, 5.74) is 3.35. The van der Waals surface area contributed by atoms with Gasteiger partial charge < -0.3 is 10.2 Å². The molecular weight excluding hydrogens is 326 g/mol. The molecule has 0 saturated carbocycles. The number of hydrogen-bond donors (Lipinski definition) is 3. The van der Waals surface area contributed by atoms with Crippen LogP contribution in [0.25, 0.3) is 0 Å². The Morgan fingerprint density at radius 3 is 2.83 bits per heavy atom. The Balaban J connectivity index is 2.03. The molecule has 0 spiro atoms. The molecule has 2 aromatic rings. The van der Waals surface area contributed by atoms with E-state index in [1.54, 1.807) is 28.9 Å². The fourth-order valence-corrected chi connectivity index (χ4v) is 3.71. The number of benzene rings is 1. The van der Waals surface area contributed by atoms with Crippen LogP contribution in [0.1, 0.15) is 29.1 Å². The van der Waals surface area contributed by atoms with E-state index in [1.807, 2.05) is 37.4 Å². The zero-order valence-electron chi connectivity index (χ0n) is 13.4. The van der Waals surface area contributed by atoms with Gasteiger partial charge >= 0.3 is 0 Å². The second-order valence-electron chi connectivity index (χ2n) is 6.06. The van der Waals surface area contributed by atoms with Gasteiger partial charge in [0.2, 0.25) is 5.91 Å². The molecule has 0 fully saturated rings. The van der Waals surface area contributed by atoms with Crippen molar-refractivity contribution in [1.29, 1.82) is 0 Å². The van der Waals surface area contributed by atoms with Gasteiger partial charge in [-0.2, -0.15) is 0 Å². The average Bonchev–Trinajstić information content (AvgIpc) is 3.06. The van der Waals surface area contributed by atoms with Crippen LogP contribution in [-0.2, 0) is 11.3 Å². The van der Waals surface area contributed by atoms with Crippen molar-refractivity contribution in [1.82, 2.24) is 5.48 Å². The van der Waals surface area contributed by atoms with E-state index < -0.39 is 5.91 Å². The molecule has 3 rings (SSSR count). The van der Waals surface area contributed by atoms with Gasteiger partial charge in [0.1, 0.15) is 6.04 Å². The first-order valence-electron chi connectivity index (χ1n) is 7.69. The number of fused-ring (bicyclic) bond motifs is 1. The normalized spacial score (nSPS) is 16.8. The lowest BCUT2D eigenvalue weighted by Crippen LogP contribution is -2.50. The summed E-state index contributed by atoms with van der Waals surface area (Å²) in [6, 6.07) is 8.78. The number of hydrogen-bond acceptors (Lipinski definition) is 5. The van der Waals surface area contributed by atoms with Crippen molar-refractivity contribution in [3.63, 3.8) is 0 Å². The van der Waals surface area contributed by atoms with Crippen LogP contribution in [0.15, 0.2) is 35.7 Å². The Labute approximate surface area is 144 Å². The van der Waals surface area contributed by atoms with Gasteiger partial charge in [-0.3, -0.25) is 14.8 Å². The summed E-state index contributed by atoms with van der Waals surface area (Å²) in [4.78, 5) is 27.4. The van der Waals surface area contributed by atoms with E-state index >= 15 is 0 Å². The molecule has 2 amide bonds. The highest BCUT2D eigenvalue weighted by molar-refractivity contribution is 7.09. The van der Waals surface area contributed by atoms with Crippen molar-refractivity contribution >= 4 is 34.5 Å². The fraction of sp³-hybridized carbons (Fsp3) is 0.294. The number of nitrogens with one attached hydrogen (secondary N) is 2. The maximum Gasteiger partial charge on any atom is 0.274 e. The van der Waals surface area contributed by atoms with E-state index in [-0.39, 0.29) is 23.4 Å². The summed E-state index contributed by atoms with van der Waals surface area (Å²) in [7, 11) is 0. The van der Waals surface area contributed by atoms with Crippen LogP contribution in [0.3, 0.4) is 0 Å². The minimum Gasteiger partial charge on any atom is -0.352 e. The molecule has 7 heteroatoms. The number of carbonyl (C=O) groups is 2. The first kappa shape index (κ1) is 16.5. The summed E-state index contributed by atoms with van der Waals surface area (Å²) in [5, 5.41) is 13.7. The van der Waals surface area contributed by atoms with Gasteiger partial charge in [0, 0.05) is 10.4 Å². The molecule has 1 unspecified atom stereocenters. The van der Waals surface area contributed by atoms with Crippen molar-refractivity contribution in [2.45, 2.75) is 26.4 Å². The number of rotatable bonds is 4. The van der Waals surface area contributed by atoms with E-state index in [4.69, 9.17) is 5.21 Å². The molecule has 0 saturated heterocycles. The van der Waals surface area contributed by atoms with E-state index in [1.165, 1.54) is 4.88 Å². The minimum atomic E-state index is -0.608. The molecule has 24 heavy (non-hydrogen) atoms. The molecule has 1 atom stereocenters. The molecular formula is C17H19N3O3S. The zero-order chi connectivity index (χ0) is 17.3. The van der Waals surface area contributed by atoms with Crippen LogP contribution >= 0.6 is 11.3 Å². The summed E-state index contributed by atoms with van der Waals surface area (Å²) in [6.45, 7) is 4.67. The van der Waals surface area contributed by atoms with Crippen LogP contribution in [0, 0.1) is 5.92 Å². The van der Waals surface area contributed by atoms with Gasteiger partial charge in [-0.25, -0.2) is 5.48 Å². The van der Waals surface area contributed by atoms with Gasteiger partial charge in [0.15, 0.2) is 0 Å². The molecule has 0 bridgehead atoms. The number of carbonyl (C=O) groups excluding carboxylic acids is 2. The second kappa shape index (κ2) is 6.62. The number of thiophene rings is 1. The quantitative estimate of drug-likeness (QED) is 0.588. The van der Waals surface area contributed by atoms with Crippen molar-refractivity contribution < 1.29 is 14.8 Å². The van der Waals surface area contributed by atoms with E-state index in [9.17, 15) is 9.59 Å². The molecule has 1 aromatic carbocycles. The Kier molecular flexibility index (Phi) is 4.55. The Morgan fingerprint density at radius 2 is 2.21 bits per heavy atom. The summed E-state index contributed by atoms with van der Waals surface area (Å²) >= 11 is 1.65. The monoisotopic (exact) mass is 345 g/mol. The molecule has 0 aliphatic carbocycles. The van der Waals surface area contributed by atoms with Crippen LogP contribution in [-0.4, -0.2) is 23.1 Å². The van der Waals surface area contributed by atoms with E-state index in [2.05, 4.69) is 10.2 Å². The fourth-order valence-electron chi connectivity index (χ4n) is 3.01. The summed E-state index contributed by atoms with van der Waals surface area (Å²) < 4.78 is 0. The molecule has 1 aliphatic rings. The van der Waals surface area contributed by atoms with Gasteiger partial charge in [0.25, 0.3) is 5.91 Å². The highest BCUT2D eigenvalue weighted by Gasteiger charge is 2.35. The third kappa shape index (κ3) is 3.00. The van der Waals surface area contributed by atoms with Gasteiger partial charge in [-0.15, -0.1) is 11.3 Å². The predicted octanol–water partition coefficient (Wildman–Crippen LogP) is 2.85. The van der Waals surface area contributed by atoms with Crippen molar-refractivity contribution in [2.24, 2.45) is 5.92 Å². The zero-order valence-corrected chi connectivity index (χ0v) is 14.3. The lowest BCUT2D eigenvalue weighted by molar-refractivity contribution is -0.118. The first-order chi connectivity index (χ1) is 11.5. The molecule has 126 valence electrons. The van der Waals surface area contributed by atoms with Gasteiger partial charge in [-0.1, -0.05) is 19.9 Å². The highest BCUT2D eigenvalue weighted by atomic mass is 32.1. The molecule has 1 aliphatic heterocycles. The van der Waals surface area contributed by atoms with Gasteiger partial charge in [0.05, 0.1) is 17.9 Å². The Morgan fingerprint density at radius 1 is 1.42 bits per heavy atom.